The lowest BCUT2D eigenvalue weighted by Gasteiger charge is -2.16. The van der Waals surface area contributed by atoms with Crippen molar-refractivity contribution < 1.29 is 0 Å². The highest BCUT2D eigenvalue weighted by atomic mass is 35.5. The van der Waals surface area contributed by atoms with Crippen molar-refractivity contribution in [3.05, 3.63) is 32.9 Å². The highest BCUT2D eigenvalue weighted by molar-refractivity contribution is 6.41. The fourth-order valence-electron chi connectivity index (χ4n) is 2.24. The molecule has 0 saturated carbocycles. The summed E-state index contributed by atoms with van der Waals surface area (Å²) in [5.74, 6) is 5.65. The summed E-state index contributed by atoms with van der Waals surface area (Å²) < 4.78 is 0. The Bertz CT molecular complexity index is 624. The van der Waals surface area contributed by atoms with Gasteiger partial charge in [0, 0.05) is 11.1 Å². The highest BCUT2D eigenvalue weighted by Gasteiger charge is 2.17. The Morgan fingerprint density at radius 1 is 1.33 bits per heavy atom. The second-order valence-electron chi connectivity index (χ2n) is 4.26. The molecule has 0 amide bonds. The number of nitrogens with two attached hydrogens (primary N) is 1. The molecule has 2 rings (SSSR count). The molecular formula is C13H15Cl2N3. The van der Waals surface area contributed by atoms with Gasteiger partial charge in [-0.25, -0.2) is 0 Å². The van der Waals surface area contributed by atoms with Gasteiger partial charge in [-0.1, -0.05) is 30.1 Å². The molecule has 18 heavy (non-hydrogen) atoms. The predicted molar refractivity (Wildman–Crippen MR) is 78.4 cm³/mol. The van der Waals surface area contributed by atoms with E-state index in [4.69, 9.17) is 29.0 Å². The number of aryl methyl sites for hydroxylation is 2. The number of hydrogen-bond donors (Lipinski definition) is 2. The number of hydrazine groups is 1. The number of pyridine rings is 1. The van der Waals surface area contributed by atoms with Gasteiger partial charge in [-0.2, -0.15) is 0 Å². The summed E-state index contributed by atoms with van der Waals surface area (Å²) >= 11 is 12.6. The van der Waals surface area contributed by atoms with Crippen LogP contribution in [0.5, 0.6) is 0 Å². The zero-order chi connectivity index (χ0) is 13.4. The first-order valence-electron chi connectivity index (χ1n) is 5.75. The Hall–Kier alpha value is -1.03. The van der Waals surface area contributed by atoms with Crippen LogP contribution in [0.1, 0.15) is 23.7 Å². The summed E-state index contributed by atoms with van der Waals surface area (Å²) in [6, 6.07) is 1.82. The summed E-state index contributed by atoms with van der Waals surface area (Å²) in [6.07, 6.45) is 0.830. The Kier molecular flexibility index (Phi) is 3.66. The van der Waals surface area contributed by atoms with Gasteiger partial charge in [0.2, 0.25) is 0 Å². The average Bonchev–Trinajstić information content (AvgIpc) is 2.34. The SMILES string of the molecule is CCc1c(C)nc2c(Cl)cc(C)c(Cl)c2c1NN. The smallest absolute Gasteiger partial charge is 0.0928 e. The fourth-order valence-corrected chi connectivity index (χ4v) is 2.78. The lowest BCUT2D eigenvalue weighted by atomic mass is 10.0. The zero-order valence-corrected chi connectivity index (χ0v) is 12.1. The van der Waals surface area contributed by atoms with Crippen molar-refractivity contribution in [1.82, 2.24) is 4.98 Å². The maximum atomic E-state index is 6.37. The molecule has 5 heteroatoms. The summed E-state index contributed by atoms with van der Waals surface area (Å²) in [5, 5.41) is 2.03. The van der Waals surface area contributed by atoms with Crippen LogP contribution < -0.4 is 11.3 Å². The normalized spacial score (nSPS) is 11.0. The van der Waals surface area contributed by atoms with Gasteiger partial charge >= 0.3 is 0 Å². The van der Waals surface area contributed by atoms with Crippen LogP contribution in [0.15, 0.2) is 6.07 Å². The quantitative estimate of drug-likeness (QED) is 0.647. The Labute approximate surface area is 116 Å². The van der Waals surface area contributed by atoms with E-state index in [1.165, 1.54) is 0 Å². The third kappa shape index (κ3) is 1.92. The average molecular weight is 284 g/mol. The summed E-state index contributed by atoms with van der Waals surface area (Å²) in [5.41, 5.74) is 7.14. The number of rotatable bonds is 2. The summed E-state index contributed by atoms with van der Waals surface area (Å²) in [4.78, 5) is 4.54. The van der Waals surface area contributed by atoms with E-state index in [0.29, 0.717) is 15.6 Å². The molecular weight excluding hydrogens is 269 g/mol. The first-order valence-corrected chi connectivity index (χ1v) is 6.51. The third-order valence-electron chi connectivity index (χ3n) is 3.14. The van der Waals surface area contributed by atoms with Crippen molar-refractivity contribution in [2.24, 2.45) is 5.84 Å². The monoisotopic (exact) mass is 283 g/mol. The summed E-state index contributed by atoms with van der Waals surface area (Å²) in [6.45, 7) is 5.92. The van der Waals surface area contributed by atoms with Crippen LogP contribution in [0.3, 0.4) is 0 Å². The van der Waals surface area contributed by atoms with Crippen LogP contribution in [-0.2, 0) is 6.42 Å². The molecule has 0 radical (unpaired) electrons. The molecule has 0 bridgehead atoms. The van der Waals surface area contributed by atoms with Gasteiger partial charge in [0.15, 0.2) is 0 Å². The molecule has 1 heterocycles. The molecule has 3 nitrogen and oxygen atoms in total. The number of anilines is 1. The number of fused-ring (bicyclic) bond motifs is 1. The molecule has 1 aromatic carbocycles. The first-order chi connectivity index (χ1) is 8.51. The van der Waals surface area contributed by atoms with Crippen molar-refractivity contribution in [2.75, 3.05) is 5.43 Å². The molecule has 0 fully saturated rings. The predicted octanol–water partition coefficient (Wildman–Crippen LogP) is 4.01. The van der Waals surface area contributed by atoms with Crippen LogP contribution in [0, 0.1) is 13.8 Å². The minimum atomic E-state index is 0.592. The number of halogens is 2. The van der Waals surface area contributed by atoms with Gasteiger partial charge < -0.3 is 5.43 Å². The van der Waals surface area contributed by atoms with E-state index in [1.807, 2.05) is 19.9 Å². The molecule has 0 spiro atoms. The van der Waals surface area contributed by atoms with Gasteiger partial charge in [0.05, 0.1) is 21.2 Å². The van der Waals surface area contributed by atoms with Crippen molar-refractivity contribution in [3.63, 3.8) is 0 Å². The fraction of sp³-hybridized carbons (Fsp3) is 0.308. The maximum Gasteiger partial charge on any atom is 0.0928 e. The number of aromatic nitrogens is 1. The number of nitrogens with one attached hydrogen (secondary N) is 1. The molecule has 0 aliphatic heterocycles. The van der Waals surface area contributed by atoms with Crippen LogP contribution >= 0.6 is 23.2 Å². The van der Waals surface area contributed by atoms with Gasteiger partial charge in [-0.05, 0) is 37.5 Å². The molecule has 0 saturated heterocycles. The molecule has 2 aromatic rings. The second-order valence-corrected chi connectivity index (χ2v) is 5.05. The maximum absolute atomic E-state index is 6.37. The summed E-state index contributed by atoms with van der Waals surface area (Å²) in [7, 11) is 0. The van der Waals surface area contributed by atoms with Crippen molar-refractivity contribution in [2.45, 2.75) is 27.2 Å². The molecule has 0 unspecified atom stereocenters. The molecule has 0 aliphatic rings. The van der Waals surface area contributed by atoms with Gasteiger partial charge in [0.25, 0.3) is 0 Å². The van der Waals surface area contributed by atoms with E-state index >= 15 is 0 Å². The molecule has 0 aliphatic carbocycles. The van der Waals surface area contributed by atoms with E-state index in [9.17, 15) is 0 Å². The van der Waals surface area contributed by atoms with E-state index in [-0.39, 0.29) is 0 Å². The number of hydrogen-bond acceptors (Lipinski definition) is 3. The standard InChI is InChI=1S/C13H15Cl2N3/c1-4-8-7(3)17-13-9(14)5-6(2)11(15)10(13)12(8)18-16/h5H,4,16H2,1-3H3,(H,17,18). The van der Waals surface area contributed by atoms with Gasteiger partial charge in [0.1, 0.15) is 0 Å². The van der Waals surface area contributed by atoms with Crippen LogP contribution in [0.2, 0.25) is 10.0 Å². The topological polar surface area (TPSA) is 50.9 Å². The molecule has 0 atom stereocenters. The lowest BCUT2D eigenvalue weighted by Crippen LogP contribution is -2.12. The van der Waals surface area contributed by atoms with Crippen LogP contribution in [0.25, 0.3) is 10.9 Å². The van der Waals surface area contributed by atoms with Crippen molar-refractivity contribution in [1.29, 1.82) is 0 Å². The van der Waals surface area contributed by atoms with Crippen molar-refractivity contribution >= 4 is 39.8 Å². The van der Waals surface area contributed by atoms with Crippen LogP contribution in [0.4, 0.5) is 5.69 Å². The number of benzene rings is 1. The number of nitrogens with zero attached hydrogens (tertiary/aromatic N) is 1. The van der Waals surface area contributed by atoms with Gasteiger partial charge in [-0.15, -0.1) is 0 Å². The molecule has 3 N–H and O–H groups in total. The third-order valence-corrected chi connectivity index (χ3v) is 3.91. The highest BCUT2D eigenvalue weighted by Crippen LogP contribution is 2.38. The van der Waals surface area contributed by atoms with Gasteiger partial charge in [-0.3, -0.25) is 10.8 Å². The van der Waals surface area contributed by atoms with Crippen LogP contribution in [-0.4, -0.2) is 4.98 Å². The Balaban J connectivity index is 3.03. The van der Waals surface area contributed by atoms with E-state index in [0.717, 1.165) is 34.3 Å². The van der Waals surface area contributed by atoms with Crippen molar-refractivity contribution in [3.8, 4) is 0 Å². The zero-order valence-electron chi connectivity index (χ0n) is 10.6. The largest absolute Gasteiger partial charge is 0.323 e. The Morgan fingerprint density at radius 2 is 2.00 bits per heavy atom. The first kappa shape index (κ1) is 13.4. The molecule has 1 aromatic heterocycles. The minimum Gasteiger partial charge on any atom is -0.323 e. The lowest BCUT2D eigenvalue weighted by molar-refractivity contribution is 1.06. The van der Waals surface area contributed by atoms with E-state index in [1.54, 1.807) is 0 Å². The minimum absolute atomic E-state index is 0.592. The van der Waals surface area contributed by atoms with E-state index in [2.05, 4.69) is 17.3 Å². The van der Waals surface area contributed by atoms with E-state index < -0.39 is 0 Å². The number of nitrogen functional groups attached to an aromatic ring is 1. The molecule has 96 valence electrons. The second kappa shape index (κ2) is 4.92. The Morgan fingerprint density at radius 3 is 2.56 bits per heavy atom.